The van der Waals surface area contributed by atoms with Gasteiger partial charge in [-0.2, -0.15) is 0 Å². The fourth-order valence-electron chi connectivity index (χ4n) is 1.28. The molecule has 2 saturated carbocycles. The third kappa shape index (κ3) is 3.42. The van der Waals surface area contributed by atoms with Crippen LogP contribution in [-0.4, -0.2) is 30.0 Å². The first-order chi connectivity index (χ1) is 7.15. The van der Waals surface area contributed by atoms with Crippen LogP contribution in [0.2, 0.25) is 0 Å². The first-order valence-electron chi connectivity index (χ1n) is 5.55. The van der Waals surface area contributed by atoms with Crippen molar-refractivity contribution in [3.8, 4) is 0 Å². The fraction of sp³-hybridized carbons (Fsp3) is 0.800. The second kappa shape index (κ2) is 4.08. The number of nitrogens with zero attached hydrogens (tertiary/aromatic N) is 1. The van der Waals surface area contributed by atoms with Gasteiger partial charge in [-0.1, -0.05) is 0 Å². The van der Waals surface area contributed by atoms with Crippen molar-refractivity contribution in [1.29, 1.82) is 0 Å². The lowest BCUT2D eigenvalue weighted by molar-refractivity contribution is -0.122. The SMILES string of the molecule is CC(NC(N)=NC1CC1)C(=O)NC1CC1. The number of nitrogens with one attached hydrogen (secondary N) is 2. The van der Waals surface area contributed by atoms with Gasteiger partial charge in [-0.3, -0.25) is 9.79 Å². The van der Waals surface area contributed by atoms with Crippen LogP contribution < -0.4 is 16.4 Å². The molecule has 4 N–H and O–H groups in total. The van der Waals surface area contributed by atoms with Crippen molar-refractivity contribution in [2.45, 2.75) is 50.7 Å². The molecule has 0 radical (unpaired) electrons. The zero-order valence-electron chi connectivity index (χ0n) is 8.99. The maximum absolute atomic E-state index is 11.5. The lowest BCUT2D eigenvalue weighted by atomic mass is 10.3. The highest BCUT2D eigenvalue weighted by Crippen LogP contribution is 2.23. The van der Waals surface area contributed by atoms with Crippen LogP contribution in [-0.2, 0) is 4.79 Å². The number of hydrogen-bond donors (Lipinski definition) is 3. The van der Waals surface area contributed by atoms with Crippen molar-refractivity contribution >= 4 is 11.9 Å². The maximum atomic E-state index is 11.5. The van der Waals surface area contributed by atoms with E-state index in [9.17, 15) is 4.79 Å². The molecule has 0 aromatic heterocycles. The standard InChI is InChI=1S/C10H18N4O/c1-6(9(15)13-7-2-3-7)12-10(11)14-8-4-5-8/h6-8H,2-5H2,1H3,(H,13,15)(H3,11,12,14). The second-order valence-electron chi connectivity index (χ2n) is 4.39. The Kier molecular flexibility index (Phi) is 2.79. The Labute approximate surface area is 89.5 Å². The van der Waals surface area contributed by atoms with Crippen molar-refractivity contribution in [1.82, 2.24) is 10.6 Å². The van der Waals surface area contributed by atoms with Gasteiger partial charge < -0.3 is 16.4 Å². The summed E-state index contributed by atoms with van der Waals surface area (Å²) < 4.78 is 0. The van der Waals surface area contributed by atoms with E-state index in [1.54, 1.807) is 6.92 Å². The highest BCUT2D eigenvalue weighted by molar-refractivity contribution is 5.88. The van der Waals surface area contributed by atoms with Gasteiger partial charge in [-0.05, 0) is 32.6 Å². The fourth-order valence-corrected chi connectivity index (χ4v) is 1.28. The van der Waals surface area contributed by atoms with Crippen LogP contribution in [0.1, 0.15) is 32.6 Å². The Morgan fingerprint density at radius 1 is 1.40 bits per heavy atom. The van der Waals surface area contributed by atoms with Crippen molar-refractivity contribution in [3.05, 3.63) is 0 Å². The van der Waals surface area contributed by atoms with E-state index >= 15 is 0 Å². The van der Waals surface area contributed by atoms with Crippen LogP contribution in [0.5, 0.6) is 0 Å². The van der Waals surface area contributed by atoms with Gasteiger partial charge in [-0.25, -0.2) is 0 Å². The highest BCUT2D eigenvalue weighted by atomic mass is 16.2. The van der Waals surface area contributed by atoms with Gasteiger partial charge in [0, 0.05) is 6.04 Å². The Hall–Kier alpha value is -1.26. The monoisotopic (exact) mass is 210 g/mol. The van der Waals surface area contributed by atoms with E-state index in [4.69, 9.17) is 5.73 Å². The normalized spacial score (nSPS) is 23.4. The molecule has 1 atom stereocenters. The summed E-state index contributed by atoms with van der Waals surface area (Å²) in [6.07, 6.45) is 4.43. The number of rotatable bonds is 4. The lowest BCUT2D eigenvalue weighted by Gasteiger charge is -2.14. The Morgan fingerprint density at radius 3 is 2.60 bits per heavy atom. The van der Waals surface area contributed by atoms with Crippen LogP contribution >= 0.6 is 0 Å². The number of carbonyl (C=O) groups is 1. The summed E-state index contributed by atoms with van der Waals surface area (Å²) in [5.41, 5.74) is 5.66. The number of amides is 1. The predicted octanol–water partition coefficient (Wildman–Crippen LogP) is -0.280. The Morgan fingerprint density at radius 2 is 2.07 bits per heavy atom. The Balaban J connectivity index is 1.73. The molecule has 2 aliphatic carbocycles. The first kappa shape index (κ1) is 10.3. The van der Waals surface area contributed by atoms with Gasteiger partial charge in [0.1, 0.15) is 6.04 Å². The van der Waals surface area contributed by atoms with Gasteiger partial charge >= 0.3 is 0 Å². The molecule has 0 bridgehead atoms. The molecule has 2 fully saturated rings. The van der Waals surface area contributed by atoms with E-state index in [-0.39, 0.29) is 11.9 Å². The molecule has 0 saturated heterocycles. The number of aliphatic imine (C=N–C) groups is 1. The van der Waals surface area contributed by atoms with Crippen LogP contribution in [0.15, 0.2) is 4.99 Å². The van der Waals surface area contributed by atoms with E-state index in [0.29, 0.717) is 18.0 Å². The summed E-state index contributed by atoms with van der Waals surface area (Å²) in [6, 6.07) is 0.479. The number of hydrogen-bond acceptors (Lipinski definition) is 2. The second-order valence-corrected chi connectivity index (χ2v) is 4.39. The highest BCUT2D eigenvalue weighted by Gasteiger charge is 2.26. The third-order valence-corrected chi connectivity index (χ3v) is 2.55. The molecular formula is C10H18N4O. The van der Waals surface area contributed by atoms with Crippen molar-refractivity contribution in [2.75, 3.05) is 0 Å². The zero-order chi connectivity index (χ0) is 10.8. The summed E-state index contributed by atoms with van der Waals surface area (Å²) in [5.74, 6) is 0.391. The average molecular weight is 210 g/mol. The van der Waals surface area contributed by atoms with E-state index in [1.807, 2.05) is 0 Å². The van der Waals surface area contributed by atoms with Gasteiger partial charge in [-0.15, -0.1) is 0 Å². The summed E-state index contributed by atoms with van der Waals surface area (Å²) >= 11 is 0. The van der Waals surface area contributed by atoms with E-state index in [1.165, 1.54) is 0 Å². The van der Waals surface area contributed by atoms with E-state index in [0.717, 1.165) is 25.7 Å². The van der Waals surface area contributed by atoms with Crippen molar-refractivity contribution in [2.24, 2.45) is 10.7 Å². The van der Waals surface area contributed by atoms with Crippen LogP contribution in [0, 0.1) is 0 Å². The molecule has 1 unspecified atom stereocenters. The first-order valence-corrected chi connectivity index (χ1v) is 5.55. The molecule has 0 aromatic rings. The van der Waals surface area contributed by atoms with Crippen molar-refractivity contribution in [3.63, 3.8) is 0 Å². The van der Waals surface area contributed by atoms with Gasteiger partial charge in [0.25, 0.3) is 0 Å². The van der Waals surface area contributed by atoms with Gasteiger partial charge in [0.2, 0.25) is 5.91 Å². The molecule has 0 aromatic carbocycles. The molecular weight excluding hydrogens is 192 g/mol. The number of guanidine groups is 1. The zero-order valence-corrected chi connectivity index (χ0v) is 8.99. The quantitative estimate of drug-likeness (QED) is 0.441. The summed E-state index contributed by atoms with van der Waals surface area (Å²) in [6.45, 7) is 1.80. The molecule has 0 heterocycles. The number of nitrogens with two attached hydrogens (primary N) is 1. The molecule has 2 rings (SSSR count). The van der Waals surface area contributed by atoms with Gasteiger partial charge in [0.05, 0.1) is 6.04 Å². The van der Waals surface area contributed by atoms with E-state index < -0.39 is 0 Å². The minimum Gasteiger partial charge on any atom is -0.370 e. The molecule has 0 spiro atoms. The molecule has 5 heteroatoms. The van der Waals surface area contributed by atoms with Crippen molar-refractivity contribution < 1.29 is 4.79 Å². The van der Waals surface area contributed by atoms with Crippen LogP contribution in [0.4, 0.5) is 0 Å². The summed E-state index contributed by atoms with van der Waals surface area (Å²) in [4.78, 5) is 15.8. The minimum absolute atomic E-state index is 0.00597. The average Bonchev–Trinajstić information content (AvgIpc) is 2.98. The molecule has 84 valence electrons. The van der Waals surface area contributed by atoms with Crippen LogP contribution in [0.25, 0.3) is 0 Å². The van der Waals surface area contributed by atoms with Crippen LogP contribution in [0.3, 0.4) is 0 Å². The predicted molar refractivity (Wildman–Crippen MR) is 58.4 cm³/mol. The molecule has 15 heavy (non-hydrogen) atoms. The van der Waals surface area contributed by atoms with Gasteiger partial charge in [0.15, 0.2) is 5.96 Å². The third-order valence-electron chi connectivity index (χ3n) is 2.55. The topological polar surface area (TPSA) is 79.5 Å². The molecule has 0 aliphatic heterocycles. The largest absolute Gasteiger partial charge is 0.370 e. The molecule has 2 aliphatic rings. The molecule has 1 amide bonds. The summed E-state index contributed by atoms with van der Waals surface area (Å²) in [7, 11) is 0. The summed E-state index contributed by atoms with van der Waals surface area (Å²) in [5, 5.41) is 5.82. The maximum Gasteiger partial charge on any atom is 0.242 e. The smallest absolute Gasteiger partial charge is 0.242 e. The molecule has 5 nitrogen and oxygen atoms in total. The lowest BCUT2D eigenvalue weighted by Crippen LogP contribution is -2.48. The van der Waals surface area contributed by atoms with E-state index in [2.05, 4.69) is 15.6 Å². The Bertz CT molecular complexity index is 281. The number of carbonyl (C=O) groups excluding carboxylic acids is 1. The minimum atomic E-state index is -0.298.